The predicted octanol–water partition coefficient (Wildman–Crippen LogP) is 2.63. The highest BCUT2D eigenvalue weighted by Gasteiger charge is 2.27. The second kappa shape index (κ2) is 7.24. The SMILES string of the molecule is CCCN(CCC)C(C)(CN)CCC. The van der Waals surface area contributed by atoms with Gasteiger partial charge in [-0.15, -0.1) is 0 Å². The van der Waals surface area contributed by atoms with Crippen LogP contribution < -0.4 is 5.73 Å². The standard InChI is InChI=1S/C12H28N2/c1-5-8-12(4,11-13)14(9-6-2)10-7-3/h5-11,13H2,1-4H3. The molecule has 0 aliphatic carbocycles. The highest BCUT2D eigenvalue weighted by Crippen LogP contribution is 2.20. The van der Waals surface area contributed by atoms with Gasteiger partial charge in [0.05, 0.1) is 0 Å². The van der Waals surface area contributed by atoms with Crippen molar-refractivity contribution in [3.05, 3.63) is 0 Å². The molecule has 0 fully saturated rings. The number of nitrogens with two attached hydrogens (primary N) is 1. The van der Waals surface area contributed by atoms with Crippen LogP contribution in [0.5, 0.6) is 0 Å². The van der Waals surface area contributed by atoms with Crippen molar-refractivity contribution >= 4 is 0 Å². The van der Waals surface area contributed by atoms with Gasteiger partial charge in [0.2, 0.25) is 0 Å². The largest absolute Gasteiger partial charge is 0.329 e. The third kappa shape index (κ3) is 3.97. The van der Waals surface area contributed by atoms with Gasteiger partial charge >= 0.3 is 0 Å². The molecule has 0 radical (unpaired) electrons. The number of hydrogen-bond donors (Lipinski definition) is 1. The van der Waals surface area contributed by atoms with Crippen LogP contribution in [0.1, 0.15) is 53.4 Å². The lowest BCUT2D eigenvalue weighted by Gasteiger charge is -2.40. The van der Waals surface area contributed by atoms with E-state index >= 15 is 0 Å². The van der Waals surface area contributed by atoms with Gasteiger partial charge in [0.25, 0.3) is 0 Å². The van der Waals surface area contributed by atoms with Crippen molar-refractivity contribution in [3.63, 3.8) is 0 Å². The lowest BCUT2D eigenvalue weighted by atomic mass is 9.93. The summed E-state index contributed by atoms with van der Waals surface area (Å²) in [5.74, 6) is 0. The van der Waals surface area contributed by atoms with Gasteiger partial charge in [-0.3, -0.25) is 4.90 Å². The lowest BCUT2D eigenvalue weighted by molar-refractivity contribution is 0.100. The van der Waals surface area contributed by atoms with Crippen molar-refractivity contribution < 1.29 is 0 Å². The zero-order valence-electron chi connectivity index (χ0n) is 10.5. The van der Waals surface area contributed by atoms with Crippen LogP contribution in [-0.2, 0) is 0 Å². The summed E-state index contributed by atoms with van der Waals surface area (Å²) in [6.45, 7) is 12.2. The summed E-state index contributed by atoms with van der Waals surface area (Å²) in [6.07, 6.45) is 4.87. The average Bonchev–Trinajstić information content (AvgIpc) is 2.18. The Bertz CT molecular complexity index is 130. The van der Waals surface area contributed by atoms with E-state index in [-0.39, 0.29) is 5.54 Å². The normalized spacial score (nSPS) is 15.9. The van der Waals surface area contributed by atoms with Crippen LogP contribution in [0.3, 0.4) is 0 Å². The zero-order chi connectivity index (χ0) is 11.0. The molecule has 0 rings (SSSR count). The van der Waals surface area contributed by atoms with E-state index in [0.29, 0.717) is 0 Å². The molecule has 0 heterocycles. The van der Waals surface area contributed by atoms with Gasteiger partial charge in [-0.2, -0.15) is 0 Å². The zero-order valence-corrected chi connectivity index (χ0v) is 10.5. The number of rotatable bonds is 8. The van der Waals surface area contributed by atoms with E-state index in [1.165, 1.54) is 38.8 Å². The third-order valence-electron chi connectivity index (χ3n) is 2.98. The molecule has 0 aliphatic heterocycles. The van der Waals surface area contributed by atoms with Crippen LogP contribution in [0, 0.1) is 0 Å². The van der Waals surface area contributed by atoms with Crippen LogP contribution in [0.15, 0.2) is 0 Å². The summed E-state index contributed by atoms with van der Waals surface area (Å²) in [5, 5.41) is 0. The fourth-order valence-corrected chi connectivity index (χ4v) is 2.12. The Hall–Kier alpha value is -0.0800. The van der Waals surface area contributed by atoms with Crippen LogP contribution in [0.4, 0.5) is 0 Å². The van der Waals surface area contributed by atoms with Crippen molar-refractivity contribution in [1.82, 2.24) is 4.90 Å². The van der Waals surface area contributed by atoms with Crippen LogP contribution in [0.2, 0.25) is 0 Å². The van der Waals surface area contributed by atoms with E-state index in [1.807, 2.05) is 0 Å². The number of hydrogen-bond acceptors (Lipinski definition) is 2. The Balaban J connectivity index is 4.37. The Morgan fingerprint density at radius 3 is 1.79 bits per heavy atom. The monoisotopic (exact) mass is 200 g/mol. The quantitative estimate of drug-likeness (QED) is 0.652. The van der Waals surface area contributed by atoms with Crippen molar-refractivity contribution in [3.8, 4) is 0 Å². The van der Waals surface area contributed by atoms with Crippen molar-refractivity contribution in [2.24, 2.45) is 5.73 Å². The molecule has 0 amide bonds. The molecular formula is C12H28N2. The van der Waals surface area contributed by atoms with Gasteiger partial charge in [0.15, 0.2) is 0 Å². The maximum absolute atomic E-state index is 5.91. The summed E-state index contributed by atoms with van der Waals surface area (Å²) in [4.78, 5) is 2.57. The highest BCUT2D eigenvalue weighted by molar-refractivity contribution is 4.86. The molecule has 1 atom stereocenters. The van der Waals surface area contributed by atoms with Crippen molar-refractivity contribution in [1.29, 1.82) is 0 Å². The maximum Gasteiger partial charge on any atom is 0.0303 e. The smallest absolute Gasteiger partial charge is 0.0303 e. The molecule has 2 heteroatoms. The van der Waals surface area contributed by atoms with E-state index in [9.17, 15) is 0 Å². The Morgan fingerprint density at radius 2 is 1.50 bits per heavy atom. The van der Waals surface area contributed by atoms with Crippen LogP contribution in [0.25, 0.3) is 0 Å². The van der Waals surface area contributed by atoms with Gasteiger partial charge in [-0.05, 0) is 39.3 Å². The molecule has 0 spiro atoms. The minimum Gasteiger partial charge on any atom is -0.329 e. The highest BCUT2D eigenvalue weighted by atomic mass is 15.2. The molecule has 0 aliphatic rings. The average molecular weight is 200 g/mol. The second-order valence-corrected chi connectivity index (χ2v) is 4.44. The van der Waals surface area contributed by atoms with Gasteiger partial charge < -0.3 is 5.73 Å². The minimum atomic E-state index is 0.223. The third-order valence-corrected chi connectivity index (χ3v) is 2.98. The molecule has 0 aromatic rings. The van der Waals surface area contributed by atoms with E-state index in [4.69, 9.17) is 5.73 Å². The maximum atomic E-state index is 5.91. The molecular weight excluding hydrogens is 172 g/mol. The van der Waals surface area contributed by atoms with Gasteiger partial charge in [0, 0.05) is 12.1 Å². The van der Waals surface area contributed by atoms with E-state index in [0.717, 1.165) is 6.54 Å². The predicted molar refractivity (Wildman–Crippen MR) is 64.5 cm³/mol. The summed E-state index contributed by atoms with van der Waals surface area (Å²) < 4.78 is 0. The Kier molecular flexibility index (Phi) is 7.20. The molecule has 0 bridgehead atoms. The minimum absolute atomic E-state index is 0.223. The first-order valence-electron chi connectivity index (χ1n) is 6.09. The van der Waals surface area contributed by atoms with E-state index < -0.39 is 0 Å². The van der Waals surface area contributed by atoms with E-state index in [2.05, 4.69) is 32.6 Å². The summed E-state index contributed by atoms with van der Waals surface area (Å²) in [5.41, 5.74) is 6.14. The molecule has 1 unspecified atom stereocenters. The molecule has 2 N–H and O–H groups in total. The van der Waals surface area contributed by atoms with Gasteiger partial charge in [-0.25, -0.2) is 0 Å². The first-order valence-corrected chi connectivity index (χ1v) is 6.09. The molecule has 0 aromatic heterocycles. The second-order valence-electron chi connectivity index (χ2n) is 4.44. The first kappa shape index (κ1) is 13.9. The molecule has 0 aromatic carbocycles. The summed E-state index contributed by atoms with van der Waals surface area (Å²) >= 11 is 0. The number of nitrogens with zero attached hydrogens (tertiary/aromatic N) is 1. The van der Waals surface area contributed by atoms with Crippen molar-refractivity contribution in [2.75, 3.05) is 19.6 Å². The lowest BCUT2D eigenvalue weighted by Crippen LogP contribution is -2.52. The van der Waals surface area contributed by atoms with E-state index in [1.54, 1.807) is 0 Å². The summed E-state index contributed by atoms with van der Waals surface area (Å²) in [6, 6.07) is 0. The Labute approximate surface area is 89.9 Å². The van der Waals surface area contributed by atoms with Crippen molar-refractivity contribution in [2.45, 2.75) is 58.9 Å². The molecule has 14 heavy (non-hydrogen) atoms. The topological polar surface area (TPSA) is 29.3 Å². The molecule has 0 saturated heterocycles. The van der Waals surface area contributed by atoms with Crippen LogP contribution >= 0.6 is 0 Å². The Morgan fingerprint density at radius 1 is 1.00 bits per heavy atom. The van der Waals surface area contributed by atoms with Gasteiger partial charge in [-0.1, -0.05) is 27.2 Å². The summed E-state index contributed by atoms with van der Waals surface area (Å²) in [7, 11) is 0. The molecule has 2 nitrogen and oxygen atoms in total. The molecule has 86 valence electrons. The van der Waals surface area contributed by atoms with Gasteiger partial charge in [0.1, 0.15) is 0 Å². The van der Waals surface area contributed by atoms with Crippen LogP contribution in [-0.4, -0.2) is 30.1 Å². The fourth-order valence-electron chi connectivity index (χ4n) is 2.12. The molecule has 0 saturated carbocycles. The first-order chi connectivity index (χ1) is 6.64. The fraction of sp³-hybridized carbons (Fsp3) is 1.00.